The standard InChI is InChI=1S/C20H20N8O/c21-14-16-5-7-23-24-20(16)27-11-8-26(9-12-27)10-13-28-19(29)4-3-18(25-28)17-2-1-6-22-15-17/h1-7,15H,8-13H2. The van der Waals surface area contributed by atoms with Gasteiger partial charge in [0.1, 0.15) is 6.07 Å². The molecule has 0 aliphatic carbocycles. The molecule has 0 amide bonds. The van der Waals surface area contributed by atoms with Crippen LogP contribution in [0.2, 0.25) is 0 Å². The van der Waals surface area contributed by atoms with E-state index in [-0.39, 0.29) is 5.56 Å². The molecule has 1 aliphatic heterocycles. The molecule has 3 aromatic rings. The number of nitrogens with zero attached hydrogens (tertiary/aromatic N) is 8. The first-order chi connectivity index (χ1) is 14.2. The molecule has 1 fully saturated rings. The third-order valence-electron chi connectivity index (χ3n) is 4.95. The zero-order chi connectivity index (χ0) is 20.1. The summed E-state index contributed by atoms with van der Waals surface area (Å²) in [6.45, 7) is 4.39. The van der Waals surface area contributed by atoms with Crippen LogP contribution in [-0.2, 0) is 6.54 Å². The van der Waals surface area contributed by atoms with Crippen molar-refractivity contribution in [3.05, 3.63) is 64.8 Å². The van der Waals surface area contributed by atoms with E-state index in [4.69, 9.17) is 0 Å². The van der Waals surface area contributed by atoms with E-state index >= 15 is 0 Å². The van der Waals surface area contributed by atoms with Crippen LogP contribution in [0, 0.1) is 11.3 Å². The number of hydrogen-bond acceptors (Lipinski definition) is 8. The van der Waals surface area contributed by atoms with Crippen LogP contribution >= 0.6 is 0 Å². The topological polar surface area (TPSA) is 104 Å². The molecule has 0 atom stereocenters. The zero-order valence-corrected chi connectivity index (χ0v) is 15.8. The summed E-state index contributed by atoms with van der Waals surface area (Å²) in [5, 5.41) is 21.7. The summed E-state index contributed by atoms with van der Waals surface area (Å²) in [5.74, 6) is 0.636. The van der Waals surface area contributed by atoms with Crippen LogP contribution in [0.1, 0.15) is 5.56 Å². The van der Waals surface area contributed by atoms with E-state index in [1.807, 2.05) is 12.1 Å². The van der Waals surface area contributed by atoms with Crippen molar-refractivity contribution in [3.8, 4) is 17.3 Å². The molecule has 0 aromatic carbocycles. The lowest BCUT2D eigenvalue weighted by Gasteiger charge is -2.35. The number of aromatic nitrogens is 5. The monoisotopic (exact) mass is 388 g/mol. The summed E-state index contributed by atoms with van der Waals surface area (Å²) in [6, 6.07) is 10.9. The Morgan fingerprint density at radius 2 is 1.90 bits per heavy atom. The number of nitriles is 1. The highest BCUT2D eigenvalue weighted by Gasteiger charge is 2.20. The van der Waals surface area contributed by atoms with Crippen LogP contribution in [0.15, 0.2) is 53.7 Å². The number of anilines is 1. The predicted octanol–water partition coefficient (Wildman–Crippen LogP) is 0.789. The first kappa shape index (κ1) is 18.7. The molecule has 9 nitrogen and oxygen atoms in total. The SMILES string of the molecule is N#Cc1ccnnc1N1CCN(CCn2nc(-c3cccnc3)ccc2=O)CC1. The minimum atomic E-state index is -0.116. The van der Waals surface area contributed by atoms with Gasteiger partial charge in [-0.2, -0.15) is 15.5 Å². The van der Waals surface area contributed by atoms with Crippen molar-refractivity contribution >= 4 is 5.82 Å². The molecule has 3 aromatic heterocycles. The lowest BCUT2D eigenvalue weighted by atomic mass is 10.2. The molecular weight excluding hydrogens is 368 g/mol. The van der Waals surface area contributed by atoms with Crippen LogP contribution in [0.25, 0.3) is 11.3 Å². The van der Waals surface area contributed by atoms with Crippen molar-refractivity contribution in [2.75, 3.05) is 37.6 Å². The van der Waals surface area contributed by atoms with Gasteiger partial charge in [0.05, 0.1) is 24.0 Å². The first-order valence-electron chi connectivity index (χ1n) is 9.42. The summed E-state index contributed by atoms with van der Waals surface area (Å²) < 4.78 is 1.51. The van der Waals surface area contributed by atoms with E-state index in [1.54, 1.807) is 30.6 Å². The Hall–Kier alpha value is -3.64. The summed E-state index contributed by atoms with van der Waals surface area (Å²) in [5.41, 5.74) is 2.03. The van der Waals surface area contributed by atoms with Crippen LogP contribution in [0.4, 0.5) is 5.82 Å². The van der Waals surface area contributed by atoms with Crippen molar-refractivity contribution < 1.29 is 0 Å². The lowest BCUT2D eigenvalue weighted by molar-refractivity contribution is 0.242. The Kier molecular flexibility index (Phi) is 5.54. The Labute approximate surface area is 167 Å². The van der Waals surface area contributed by atoms with E-state index < -0.39 is 0 Å². The van der Waals surface area contributed by atoms with Gasteiger partial charge in [0.2, 0.25) is 0 Å². The molecular formula is C20H20N8O. The molecule has 29 heavy (non-hydrogen) atoms. The first-order valence-corrected chi connectivity index (χ1v) is 9.42. The normalized spacial score (nSPS) is 14.5. The van der Waals surface area contributed by atoms with Crippen molar-refractivity contribution in [1.82, 2.24) is 29.9 Å². The third-order valence-corrected chi connectivity index (χ3v) is 4.95. The molecule has 9 heteroatoms. The molecule has 0 saturated carbocycles. The Morgan fingerprint density at radius 1 is 1.03 bits per heavy atom. The number of hydrogen-bond donors (Lipinski definition) is 0. The van der Waals surface area contributed by atoms with Gasteiger partial charge in [-0.1, -0.05) is 0 Å². The second kappa shape index (κ2) is 8.58. The predicted molar refractivity (Wildman–Crippen MR) is 107 cm³/mol. The molecule has 4 rings (SSSR count). The van der Waals surface area contributed by atoms with E-state index in [0.717, 1.165) is 44.0 Å². The molecule has 0 spiro atoms. The highest BCUT2D eigenvalue weighted by molar-refractivity contribution is 5.56. The Balaban J connectivity index is 1.37. The van der Waals surface area contributed by atoms with Gasteiger partial charge in [-0.15, -0.1) is 5.10 Å². The molecule has 0 bridgehead atoms. The summed E-state index contributed by atoms with van der Waals surface area (Å²) >= 11 is 0. The van der Waals surface area contributed by atoms with Crippen molar-refractivity contribution in [3.63, 3.8) is 0 Å². The van der Waals surface area contributed by atoms with Crippen molar-refractivity contribution in [1.29, 1.82) is 5.26 Å². The molecule has 4 heterocycles. The van der Waals surface area contributed by atoms with Gasteiger partial charge < -0.3 is 4.90 Å². The van der Waals surface area contributed by atoms with E-state index in [0.29, 0.717) is 17.9 Å². The van der Waals surface area contributed by atoms with Gasteiger partial charge in [-0.05, 0) is 24.3 Å². The molecule has 146 valence electrons. The van der Waals surface area contributed by atoms with Gasteiger partial charge >= 0.3 is 0 Å². The minimum absolute atomic E-state index is 0.116. The fourth-order valence-electron chi connectivity index (χ4n) is 3.34. The van der Waals surface area contributed by atoms with Crippen LogP contribution in [0.3, 0.4) is 0 Å². The second-order valence-electron chi connectivity index (χ2n) is 6.73. The highest BCUT2D eigenvalue weighted by Crippen LogP contribution is 2.17. The molecule has 1 saturated heterocycles. The summed E-state index contributed by atoms with van der Waals surface area (Å²) in [6.07, 6.45) is 4.97. The molecule has 1 aliphatic rings. The Morgan fingerprint density at radius 3 is 2.66 bits per heavy atom. The lowest BCUT2D eigenvalue weighted by Crippen LogP contribution is -2.48. The molecule has 0 radical (unpaired) electrons. The number of rotatable bonds is 5. The van der Waals surface area contributed by atoms with Crippen LogP contribution in [0.5, 0.6) is 0 Å². The highest BCUT2D eigenvalue weighted by atomic mass is 16.1. The average Bonchev–Trinajstić information content (AvgIpc) is 2.79. The van der Waals surface area contributed by atoms with Gasteiger partial charge in [0.15, 0.2) is 5.82 Å². The number of pyridine rings is 1. The van der Waals surface area contributed by atoms with Gasteiger partial charge in [0, 0.05) is 56.7 Å². The number of piperazine rings is 1. The maximum Gasteiger partial charge on any atom is 0.266 e. The summed E-state index contributed by atoms with van der Waals surface area (Å²) in [4.78, 5) is 20.7. The van der Waals surface area contributed by atoms with Gasteiger partial charge in [-0.25, -0.2) is 4.68 Å². The average molecular weight is 388 g/mol. The Bertz CT molecular complexity index is 1070. The third kappa shape index (κ3) is 4.28. The van der Waals surface area contributed by atoms with Gasteiger partial charge in [0.25, 0.3) is 5.56 Å². The quantitative estimate of drug-likeness (QED) is 0.632. The fraction of sp³-hybridized carbons (Fsp3) is 0.300. The van der Waals surface area contributed by atoms with E-state index in [1.165, 1.54) is 10.9 Å². The fourth-order valence-corrected chi connectivity index (χ4v) is 3.34. The van der Waals surface area contributed by atoms with Crippen LogP contribution in [-0.4, -0.2) is 62.6 Å². The van der Waals surface area contributed by atoms with Gasteiger partial charge in [-0.3, -0.25) is 14.7 Å². The van der Waals surface area contributed by atoms with Crippen molar-refractivity contribution in [2.24, 2.45) is 0 Å². The van der Waals surface area contributed by atoms with Crippen molar-refractivity contribution in [2.45, 2.75) is 6.54 Å². The smallest absolute Gasteiger partial charge is 0.266 e. The second-order valence-corrected chi connectivity index (χ2v) is 6.73. The molecule has 0 N–H and O–H groups in total. The zero-order valence-electron chi connectivity index (χ0n) is 15.8. The summed E-state index contributed by atoms with van der Waals surface area (Å²) in [7, 11) is 0. The largest absolute Gasteiger partial charge is 0.351 e. The maximum atomic E-state index is 12.2. The van der Waals surface area contributed by atoms with Crippen LogP contribution < -0.4 is 10.5 Å². The van der Waals surface area contributed by atoms with E-state index in [2.05, 4.69) is 36.1 Å². The maximum absolute atomic E-state index is 12.2. The molecule has 0 unspecified atom stereocenters. The van der Waals surface area contributed by atoms with E-state index in [9.17, 15) is 10.1 Å². The minimum Gasteiger partial charge on any atom is -0.351 e.